The van der Waals surface area contributed by atoms with Gasteiger partial charge in [0, 0.05) is 43.1 Å². The van der Waals surface area contributed by atoms with E-state index < -0.39 is 0 Å². The Kier molecular flexibility index (Phi) is 6.21. The maximum absolute atomic E-state index is 6.09. The molecule has 0 amide bonds. The van der Waals surface area contributed by atoms with Gasteiger partial charge < -0.3 is 20.1 Å². The van der Waals surface area contributed by atoms with Crippen molar-refractivity contribution in [1.29, 1.82) is 0 Å². The fourth-order valence-electron chi connectivity index (χ4n) is 5.33. The lowest BCUT2D eigenvalue weighted by Gasteiger charge is -2.36. The summed E-state index contributed by atoms with van der Waals surface area (Å²) < 4.78 is 0. The van der Waals surface area contributed by atoms with Crippen LogP contribution in [0.5, 0.6) is 0 Å². The van der Waals surface area contributed by atoms with Gasteiger partial charge in [0.1, 0.15) is 5.65 Å². The molecule has 0 saturated carbocycles. The molecule has 2 aromatic heterocycles. The number of hydrogen-bond acceptors (Lipinski definition) is 7. The highest BCUT2D eigenvalue weighted by atomic mass is 16.7. The van der Waals surface area contributed by atoms with E-state index in [2.05, 4.69) is 82.7 Å². The molecule has 0 radical (unpaired) electrons. The van der Waals surface area contributed by atoms with Crippen LogP contribution in [0.2, 0.25) is 0 Å². The van der Waals surface area contributed by atoms with Crippen LogP contribution in [0, 0.1) is 0 Å². The molecule has 2 N–H and O–H groups in total. The van der Waals surface area contributed by atoms with E-state index in [0.717, 1.165) is 42.0 Å². The minimum atomic E-state index is 0.114. The molecule has 0 aliphatic carbocycles. The Bertz CT molecular complexity index is 1300. The van der Waals surface area contributed by atoms with Crippen molar-refractivity contribution in [1.82, 2.24) is 19.9 Å². The number of hydroxylamine groups is 1. The van der Waals surface area contributed by atoms with E-state index in [-0.39, 0.29) is 6.04 Å². The van der Waals surface area contributed by atoms with E-state index in [1.165, 1.54) is 24.1 Å². The van der Waals surface area contributed by atoms with Gasteiger partial charge in [-0.3, -0.25) is 4.84 Å². The summed E-state index contributed by atoms with van der Waals surface area (Å²) in [7, 11) is 4.35. The molecule has 1 atom stereocenters. The first-order chi connectivity index (χ1) is 17.7. The first-order valence-corrected chi connectivity index (χ1v) is 12.8. The summed E-state index contributed by atoms with van der Waals surface area (Å²) in [6.45, 7) is 2.83. The first kappa shape index (κ1) is 22.8. The third-order valence-electron chi connectivity index (χ3n) is 7.38. The average Bonchev–Trinajstić information content (AvgIpc) is 3.59. The van der Waals surface area contributed by atoms with Gasteiger partial charge >= 0.3 is 0 Å². The largest absolute Gasteiger partial charge is 0.371 e. The monoisotopic (exact) mass is 483 g/mol. The number of nitrogens with one attached hydrogen (secondary N) is 2. The minimum Gasteiger partial charge on any atom is -0.371 e. The van der Waals surface area contributed by atoms with Gasteiger partial charge in [-0.25, -0.2) is 5.06 Å². The predicted molar refractivity (Wildman–Crippen MR) is 145 cm³/mol. The van der Waals surface area contributed by atoms with E-state index in [0.29, 0.717) is 18.6 Å². The number of H-pyrrole nitrogens is 1. The summed E-state index contributed by atoms with van der Waals surface area (Å²) in [5, 5.41) is 6.29. The number of hydrogen-bond donors (Lipinski definition) is 2. The van der Waals surface area contributed by atoms with Crippen LogP contribution in [0.3, 0.4) is 0 Å². The molecule has 4 heterocycles. The fraction of sp³-hybridized carbons (Fsp3) is 0.357. The molecular formula is C28H33N7O. The second-order valence-electron chi connectivity index (χ2n) is 9.84. The van der Waals surface area contributed by atoms with Crippen molar-refractivity contribution in [2.24, 2.45) is 0 Å². The van der Waals surface area contributed by atoms with Crippen LogP contribution in [0.1, 0.15) is 30.9 Å². The first-order valence-electron chi connectivity index (χ1n) is 12.8. The quantitative estimate of drug-likeness (QED) is 0.395. The van der Waals surface area contributed by atoms with Crippen LogP contribution in [0.25, 0.3) is 11.0 Å². The molecule has 2 fully saturated rings. The van der Waals surface area contributed by atoms with Gasteiger partial charge in [-0.1, -0.05) is 30.3 Å². The molecule has 4 aromatic rings. The van der Waals surface area contributed by atoms with Crippen molar-refractivity contribution in [3.63, 3.8) is 0 Å². The van der Waals surface area contributed by atoms with Gasteiger partial charge in [-0.2, -0.15) is 9.97 Å². The summed E-state index contributed by atoms with van der Waals surface area (Å²) in [6, 6.07) is 21.8. The number of fused-ring (bicyclic) bond motifs is 1. The molecule has 2 aliphatic rings. The van der Waals surface area contributed by atoms with Crippen molar-refractivity contribution >= 4 is 34.2 Å². The van der Waals surface area contributed by atoms with Crippen LogP contribution < -0.4 is 15.3 Å². The zero-order valence-electron chi connectivity index (χ0n) is 20.9. The summed E-state index contributed by atoms with van der Waals surface area (Å²) in [5.74, 6) is 1.32. The van der Waals surface area contributed by atoms with Crippen LogP contribution in [0.4, 0.5) is 23.1 Å². The average molecular weight is 484 g/mol. The zero-order chi connectivity index (χ0) is 24.5. The molecule has 0 spiro atoms. The molecule has 186 valence electrons. The topological polar surface area (TPSA) is 72.6 Å². The minimum absolute atomic E-state index is 0.114. The van der Waals surface area contributed by atoms with E-state index >= 15 is 0 Å². The maximum Gasteiger partial charge on any atom is 0.231 e. The highest BCUT2D eigenvalue weighted by molar-refractivity contribution is 5.88. The van der Waals surface area contributed by atoms with Gasteiger partial charge in [0.2, 0.25) is 5.95 Å². The lowest BCUT2D eigenvalue weighted by atomic mass is 10.0. The predicted octanol–water partition coefficient (Wildman–Crippen LogP) is 5.11. The third-order valence-corrected chi connectivity index (χ3v) is 7.38. The standard InChI is InChI=1S/C28H33N7O/c1-33(2)22-13-17-34(18-14-22)23-10-8-21(9-11-23)30-28-31-26-24(12-16-29-26)27(32-28)35-25(15-19-36-35)20-6-4-3-5-7-20/h3-12,16,22,25H,13-15,17-19H2,1-2H3,(H2,29,30,31,32)/t25-/m0/s1. The van der Waals surface area contributed by atoms with Crippen molar-refractivity contribution in [3.05, 3.63) is 72.4 Å². The third kappa shape index (κ3) is 4.50. The molecular weight excluding hydrogens is 450 g/mol. The number of anilines is 4. The van der Waals surface area contributed by atoms with Crippen LogP contribution >= 0.6 is 0 Å². The van der Waals surface area contributed by atoms with E-state index in [9.17, 15) is 0 Å². The van der Waals surface area contributed by atoms with E-state index in [1.807, 2.05) is 23.4 Å². The number of benzene rings is 2. The van der Waals surface area contributed by atoms with Crippen LogP contribution in [-0.4, -0.2) is 59.7 Å². The lowest BCUT2D eigenvalue weighted by molar-refractivity contribution is 0.157. The van der Waals surface area contributed by atoms with Gasteiger partial charge in [0.15, 0.2) is 5.82 Å². The summed E-state index contributed by atoms with van der Waals surface area (Å²) in [6.07, 6.45) is 5.20. The van der Waals surface area contributed by atoms with Gasteiger partial charge in [-0.15, -0.1) is 0 Å². The Balaban J connectivity index is 1.22. The Labute approximate surface area is 211 Å². The molecule has 8 nitrogen and oxygen atoms in total. The van der Waals surface area contributed by atoms with E-state index in [1.54, 1.807) is 0 Å². The summed E-state index contributed by atoms with van der Waals surface area (Å²) in [4.78, 5) is 23.8. The molecule has 2 saturated heterocycles. The summed E-state index contributed by atoms with van der Waals surface area (Å²) in [5.41, 5.74) is 4.22. The number of aromatic nitrogens is 3. The Hall–Kier alpha value is -3.62. The van der Waals surface area contributed by atoms with Gasteiger partial charge in [-0.05, 0) is 62.8 Å². The smallest absolute Gasteiger partial charge is 0.231 e. The second-order valence-corrected chi connectivity index (χ2v) is 9.84. The Morgan fingerprint density at radius 2 is 1.72 bits per heavy atom. The van der Waals surface area contributed by atoms with Crippen molar-refractivity contribution in [2.75, 3.05) is 49.1 Å². The lowest BCUT2D eigenvalue weighted by Crippen LogP contribution is -2.41. The van der Waals surface area contributed by atoms with Crippen molar-refractivity contribution in [2.45, 2.75) is 31.3 Å². The van der Waals surface area contributed by atoms with Crippen molar-refractivity contribution in [3.8, 4) is 0 Å². The number of aromatic amines is 1. The molecule has 0 bridgehead atoms. The molecule has 0 unspecified atom stereocenters. The number of piperidine rings is 1. The van der Waals surface area contributed by atoms with Crippen molar-refractivity contribution < 1.29 is 4.84 Å². The maximum atomic E-state index is 6.09. The second kappa shape index (κ2) is 9.79. The Morgan fingerprint density at radius 1 is 0.944 bits per heavy atom. The van der Waals surface area contributed by atoms with Crippen LogP contribution in [-0.2, 0) is 4.84 Å². The van der Waals surface area contributed by atoms with Crippen LogP contribution in [0.15, 0.2) is 66.9 Å². The van der Waals surface area contributed by atoms with E-state index in [4.69, 9.17) is 14.8 Å². The fourth-order valence-corrected chi connectivity index (χ4v) is 5.33. The molecule has 2 aliphatic heterocycles. The highest BCUT2D eigenvalue weighted by Gasteiger charge is 2.31. The van der Waals surface area contributed by atoms with Gasteiger partial charge in [0.25, 0.3) is 0 Å². The normalized spacial score (nSPS) is 18.9. The molecule has 36 heavy (non-hydrogen) atoms. The highest BCUT2D eigenvalue weighted by Crippen LogP contribution is 2.37. The number of rotatable bonds is 6. The Morgan fingerprint density at radius 3 is 2.47 bits per heavy atom. The number of nitrogens with zero attached hydrogens (tertiary/aromatic N) is 5. The summed E-state index contributed by atoms with van der Waals surface area (Å²) >= 11 is 0. The SMILES string of the molecule is CN(C)C1CCN(c2ccc(Nc3nc(N4OCC[C@H]4c4ccccc4)c4cc[nH]c4n3)cc2)CC1. The van der Waals surface area contributed by atoms with Gasteiger partial charge in [0.05, 0.1) is 18.0 Å². The molecule has 8 heteroatoms. The zero-order valence-corrected chi connectivity index (χ0v) is 20.9. The molecule has 2 aromatic carbocycles. The molecule has 6 rings (SSSR count).